The summed E-state index contributed by atoms with van der Waals surface area (Å²) in [5, 5.41) is 0. The highest BCUT2D eigenvalue weighted by molar-refractivity contribution is 5.82. The zero-order valence-corrected chi connectivity index (χ0v) is 13.7. The first-order valence-electron chi connectivity index (χ1n) is 8.39. The van der Waals surface area contributed by atoms with E-state index in [1.807, 2.05) is 36.4 Å². The molecule has 6 nitrogen and oxygen atoms in total. The lowest BCUT2D eigenvalue weighted by molar-refractivity contribution is 0.173. The van der Waals surface area contributed by atoms with Crippen LogP contribution >= 0.6 is 0 Å². The SMILES string of the molecule is c1cc2c(cc1C1=C3COC(c4ccc5c(c4)OCO5)=C3CO1)OCO2. The van der Waals surface area contributed by atoms with Crippen molar-refractivity contribution in [2.24, 2.45) is 0 Å². The fourth-order valence-electron chi connectivity index (χ4n) is 3.63. The minimum absolute atomic E-state index is 0.258. The third-order valence-electron chi connectivity index (χ3n) is 4.90. The normalized spacial score (nSPS) is 18.9. The van der Waals surface area contributed by atoms with E-state index in [9.17, 15) is 0 Å². The van der Waals surface area contributed by atoms with Gasteiger partial charge in [0.2, 0.25) is 13.6 Å². The van der Waals surface area contributed by atoms with E-state index in [1.54, 1.807) is 0 Å². The van der Waals surface area contributed by atoms with E-state index in [1.165, 1.54) is 0 Å². The van der Waals surface area contributed by atoms with Gasteiger partial charge in [-0.2, -0.15) is 0 Å². The third kappa shape index (κ3) is 1.92. The number of rotatable bonds is 2. The van der Waals surface area contributed by atoms with Gasteiger partial charge in [0.25, 0.3) is 0 Å². The van der Waals surface area contributed by atoms with Crippen LogP contribution in [-0.4, -0.2) is 26.8 Å². The molecule has 0 aliphatic carbocycles. The highest BCUT2D eigenvalue weighted by Gasteiger charge is 2.33. The van der Waals surface area contributed by atoms with Gasteiger partial charge in [0, 0.05) is 22.3 Å². The van der Waals surface area contributed by atoms with Crippen molar-refractivity contribution in [1.29, 1.82) is 0 Å². The van der Waals surface area contributed by atoms with Crippen LogP contribution in [0.5, 0.6) is 23.0 Å². The molecule has 0 N–H and O–H groups in total. The molecule has 4 heterocycles. The molecule has 0 saturated carbocycles. The van der Waals surface area contributed by atoms with E-state index in [-0.39, 0.29) is 13.6 Å². The van der Waals surface area contributed by atoms with Gasteiger partial charge in [-0.3, -0.25) is 0 Å². The van der Waals surface area contributed by atoms with Crippen LogP contribution in [0.15, 0.2) is 47.5 Å². The van der Waals surface area contributed by atoms with Gasteiger partial charge in [0.1, 0.15) is 24.7 Å². The number of fused-ring (bicyclic) bond motifs is 3. The van der Waals surface area contributed by atoms with Gasteiger partial charge < -0.3 is 28.4 Å². The molecule has 6 rings (SSSR count). The Morgan fingerprint density at radius 3 is 1.46 bits per heavy atom. The van der Waals surface area contributed by atoms with E-state index in [0.29, 0.717) is 13.2 Å². The summed E-state index contributed by atoms with van der Waals surface area (Å²) in [5.41, 5.74) is 4.10. The Labute approximate surface area is 149 Å². The maximum absolute atomic E-state index is 6.00. The Kier molecular flexibility index (Phi) is 2.74. The van der Waals surface area contributed by atoms with E-state index in [2.05, 4.69) is 0 Å². The molecule has 6 heteroatoms. The molecule has 2 aromatic rings. The number of hydrogen-bond donors (Lipinski definition) is 0. The summed E-state index contributed by atoms with van der Waals surface area (Å²) < 4.78 is 33.7. The van der Waals surface area contributed by atoms with Crippen molar-refractivity contribution >= 4 is 11.5 Å². The molecule has 0 unspecified atom stereocenters. The standard InChI is InChI=1S/C20H14O6/c1-3-15-17(25-9-23-15)5-11(1)19-13-7-22-20(14(13)8-21-19)12-2-4-16-18(6-12)26-10-24-16/h1-6H,7-10H2. The van der Waals surface area contributed by atoms with Gasteiger partial charge in [-0.05, 0) is 36.4 Å². The van der Waals surface area contributed by atoms with E-state index < -0.39 is 0 Å². The van der Waals surface area contributed by atoms with E-state index >= 15 is 0 Å². The van der Waals surface area contributed by atoms with Crippen LogP contribution in [0.2, 0.25) is 0 Å². The number of benzene rings is 2. The Bertz CT molecular complexity index is 922. The molecule has 26 heavy (non-hydrogen) atoms. The molecule has 4 aliphatic rings. The Morgan fingerprint density at radius 1 is 0.500 bits per heavy atom. The van der Waals surface area contributed by atoms with E-state index in [4.69, 9.17) is 28.4 Å². The number of ether oxygens (including phenoxy) is 6. The minimum atomic E-state index is 0.258. The van der Waals surface area contributed by atoms with Crippen molar-refractivity contribution < 1.29 is 28.4 Å². The van der Waals surface area contributed by atoms with Crippen LogP contribution in [0.1, 0.15) is 11.1 Å². The zero-order valence-electron chi connectivity index (χ0n) is 13.7. The summed E-state index contributed by atoms with van der Waals surface area (Å²) in [6.45, 7) is 1.49. The van der Waals surface area contributed by atoms with Crippen LogP contribution in [0.4, 0.5) is 0 Å². The molecule has 0 fully saturated rings. The summed E-state index contributed by atoms with van der Waals surface area (Å²) in [5.74, 6) is 4.69. The molecule has 4 aliphatic heterocycles. The monoisotopic (exact) mass is 350 g/mol. The van der Waals surface area contributed by atoms with Crippen molar-refractivity contribution in [3.8, 4) is 23.0 Å². The molecule has 2 aromatic carbocycles. The highest BCUT2D eigenvalue weighted by Crippen LogP contribution is 2.45. The van der Waals surface area contributed by atoms with E-state index in [0.717, 1.165) is 56.8 Å². The predicted octanol–water partition coefficient (Wildman–Crippen LogP) is 3.33. The van der Waals surface area contributed by atoms with Crippen LogP contribution in [0, 0.1) is 0 Å². The lowest BCUT2D eigenvalue weighted by atomic mass is 10.0. The zero-order chi connectivity index (χ0) is 17.1. The molecule has 0 radical (unpaired) electrons. The maximum atomic E-state index is 6.00. The predicted molar refractivity (Wildman–Crippen MR) is 90.9 cm³/mol. The highest BCUT2D eigenvalue weighted by atomic mass is 16.7. The van der Waals surface area contributed by atoms with Gasteiger partial charge >= 0.3 is 0 Å². The van der Waals surface area contributed by atoms with Gasteiger partial charge in [-0.25, -0.2) is 0 Å². The van der Waals surface area contributed by atoms with Gasteiger partial charge in [0.05, 0.1) is 0 Å². The molecule has 0 bridgehead atoms. The van der Waals surface area contributed by atoms with Crippen LogP contribution in [-0.2, 0) is 9.47 Å². The van der Waals surface area contributed by atoms with Crippen molar-refractivity contribution in [2.45, 2.75) is 0 Å². The summed E-state index contributed by atoms with van der Waals surface area (Å²) in [7, 11) is 0. The lowest BCUT2D eigenvalue weighted by Gasteiger charge is -2.09. The largest absolute Gasteiger partial charge is 0.488 e. The van der Waals surface area contributed by atoms with Gasteiger partial charge in [-0.15, -0.1) is 0 Å². The Hall–Kier alpha value is -3.28. The maximum Gasteiger partial charge on any atom is 0.231 e. The van der Waals surface area contributed by atoms with Crippen molar-refractivity contribution in [2.75, 3.05) is 26.8 Å². The molecule has 0 spiro atoms. The average molecular weight is 350 g/mol. The number of hydrogen-bond acceptors (Lipinski definition) is 6. The van der Waals surface area contributed by atoms with Crippen LogP contribution in [0.3, 0.4) is 0 Å². The Balaban J connectivity index is 1.41. The molecular weight excluding hydrogens is 336 g/mol. The summed E-state index contributed by atoms with van der Waals surface area (Å²) in [4.78, 5) is 0. The molecule has 0 amide bonds. The smallest absolute Gasteiger partial charge is 0.231 e. The fraction of sp³-hybridized carbons (Fsp3) is 0.200. The quantitative estimate of drug-likeness (QED) is 0.828. The van der Waals surface area contributed by atoms with Gasteiger partial charge in [-0.1, -0.05) is 0 Å². The summed E-state index contributed by atoms with van der Waals surface area (Å²) in [6, 6.07) is 11.7. The van der Waals surface area contributed by atoms with Crippen LogP contribution in [0.25, 0.3) is 11.5 Å². The topological polar surface area (TPSA) is 55.4 Å². The van der Waals surface area contributed by atoms with Crippen LogP contribution < -0.4 is 18.9 Å². The van der Waals surface area contributed by atoms with Crippen molar-refractivity contribution in [3.05, 3.63) is 58.7 Å². The van der Waals surface area contributed by atoms with Crippen molar-refractivity contribution in [1.82, 2.24) is 0 Å². The summed E-state index contributed by atoms with van der Waals surface area (Å²) >= 11 is 0. The Morgan fingerprint density at radius 2 is 0.962 bits per heavy atom. The lowest BCUT2D eigenvalue weighted by Crippen LogP contribution is -1.94. The minimum Gasteiger partial charge on any atom is -0.488 e. The molecule has 0 saturated heterocycles. The molecule has 0 atom stereocenters. The summed E-state index contributed by atoms with van der Waals surface area (Å²) in [6.07, 6.45) is 0. The molecule has 0 aromatic heterocycles. The second-order valence-electron chi connectivity index (χ2n) is 6.33. The molecule has 130 valence electrons. The first kappa shape index (κ1) is 13.9. The van der Waals surface area contributed by atoms with Gasteiger partial charge in [0.15, 0.2) is 23.0 Å². The molecular formula is C20H14O6. The average Bonchev–Trinajstić information content (AvgIpc) is 3.42. The van der Waals surface area contributed by atoms with Crippen molar-refractivity contribution in [3.63, 3.8) is 0 Å². The first-order chi connectivity index (χ1) is 12.9. The third-order valence-corrected chi connectivity index (χ3v) is 4.90. The first-order valence-corrected chi connectivity index (χ1v) is 8.39. The second-order valence-corrected chi connectivity index (χ2v) is 6.33. The second kappa shape index (κ2) is 5.11. The fourth-order valence-corrected chi connectivity index (χ4v) is 3.63.